The van der Waals surface area contributed by atoms with E-state index in [1.807, 2.05) is 0 Å². The van der Waals surface area contributed by atoms with Crippen molar-refractivity contribution in [3.05, 3.63) is 0 Å². The van der Waals surface area contributed by atoms with Gasteiger partial charge in [-0.15, -0.1) is 0 Å². The summed E-state index contributed by atoms with van der Waals surface area (Å²) in [5.74, 6) is -0.268. The van der Waals surface area contributed by atoms with Crippen LogP contribution in [0.2, 0.25) is 19.1 Å². The van der Waals surface area contributed by atoms with Crippen LogP contribution in [0.4, 0.5) is 13.2 Å². The zero-order valence-corrected chi connectivity index (χ0v) is 11.4. The molecule has 0 radical (unpaired) electrons. The Morgan fingerprint density at radius 2 is 2.00 bits per heavy atom. The fourth-order valence-electron chi connectivity index (χ4n) is 1.52. The molecule has 17 heavy (non-hydrogen) atoms. The minimum Gasteiger partial charge on any atom is -0.411 e. The van der Waals surface area contributed by atoms with E-state index in [0.29, 0.717) is 0 Å². The van der Waals surface area contributed by atoms with Crippen molar-refractivity contribution < 1.29 is 30.2 Å². The molecule has 1 rings (SSSR count). The molecule has 0 aliphatic carbocycles. The van der Waals surface area contributed by atoms with Crippen LogP contribution < -0.4 is 0 Å². The molecule has 0 aromatic heterocycles. The lowest BCUT2D eigenvalue weighted by atomic mass is 10.5. The van der Waals surface area contributed by atoms with E-state index in [1.165, 1.54) is 0 Å². The number of alkyl halides is 3. The Morgan fingerprint density at radius 3 is 2.41 bits per heavy atom. The van der Waals surface area contributed by atoms with Crippen LogP contribution in [0.1, 0.15) is 6.42 Å². The van der Waals surface area contributed by atoms with Gasteiger partial charge in [-0.2, -0.15) is 21.6 Å². The normalized spacial score (nSPS) is 25.1. The first-order valence-electron chi connectivity index (χ1n) is 5.11. The lowest BCUT2D eigenvalue weighted by Crippen LogP contribution is -2.38. The van der Waals surface area contributed by atoms with E-state index < -0.39 is 37.1 Å². The van der Waals surface area contributed by atoms with Gasteiger partial charge in [0.15, 0.2) is 8.32 Å². The van der Waals surface area contributed by atoms with Crippen LogP contribution in [0.5, 0.6) is 0 Å². The number of hydrogen-bond acceptors (Lipinski definition) is 4. The third kappa shape index (κ3) is 5.84. The molecule has 1 fully saturated rings. The van der Waals surface area contributed by atoms with Crippen LogP contribution in [0.25, 0.3) is 0 Å². The molecule has 1 saturated heterocycles. The summed E-state index contributed by atoms with van der Waals surface area (Å²) in [4.78, 5) is 0. The molecular weight excluding hydrogens is 277 g/mol. The first-order chi connectivity index (χ1) is 7.49. The van der Waals surface area contributed by atoms with Crippen LogP contribution >= 0.6 is 0 Å². The van der Waals surface area contributed by atoms with Gasteiger partial charge < -0.3 is 4.43 Å². The van der Waals surface area contributed by atoms with Crippen LogP contribution in [0, 0.1) is 0 Å². The van der Waals surface area contributed by atoms with E-state index >= 15 is 0 Å². The van der Waals surface area contributed by atoms with Crippen molar-refractivity contribution in [1.82, 2.24) is 0 Å². The summed E-state index contributed by atoms with van der Waals surface area (Å²) < 4.78 is 68.1. The smallest absolute Gasteiger partial charge is 0.388 e. The van der Waals surface area contributed by atoms with E-state index in [-0.39, 0.29) is 18.4 Å². The molecule has 0 spiro atoms. The molecule has 0 amide bonds. The quantitative estimate of drug-likeness (QED) is 0.586. The Labute approximate surface area is 99.4 Å². The molecule has 102 valence electrons. The SMILES string of the molecule is C[Si](C)(CCC(F)(F)F)OC1COS(=O)(=O)C1. The zero-order valence-electron chi connectivity index (χ0n) is 9.58. The van der Waals surface area contributed by atoms with Crippen LogP contribution in [-0.4, -0.2) is 41.4 Å². The van der Waals surface area contributed by atoms with Crippen LogP contribution in [0.3, 0.4) is 0 Å². The standard InChI is InChI=1S/C8H15F3O4SSi/c1-17(2,4-3-8(9,10)11)15-7-5-14-16(12,13)6-7/h7H,3-6H2,1-2H3. The Kier molecular flexibility index (Phi) is 4.27. The lowest BCUT2D eigenvalue weighted by Gasteiger charge is -2.26. The second-order valence-electron chi connectivity index (χ2n) is 4.62. The number of rotatable bonds is 4. The molecule has 0 aromatic rings. The van der Waals surface area contributed by atoms with Gasteiger partial charge in [0.25, 0.3) is 10.1 Å². The van der Waals surface area contributed by atoms with Crippen molar-refractivity contribution in [2.45, 2.75) is 37.8 Å². The molecule has 1 unspecified atom stereocenters. The minimum atomic E-state index is -4.20. The molecule has 1 aliphatic heterocycles. The molecule has 4 nitrogen and oxygen atoms in total. The maximum absolute atomic E-state index is 12.1. The molecular formula is C8H15F3O4SSi. The second kappa shape index (κ2) is 4.86. The Bertz CT molecular complexity index is 365. The highest BCUT2D eigenvalue weighted by Crippen LogP contribution is 2.28. The van der Waals surface area contributed by atoms with Crippen molar-refractivity contribution in [2.75, 3.05) is 12.4 Å². The first kappa shape index (κ1) is 14.9. The molecule has 1 aliphatic rings. The maximum Gasteiger partial charge on any atom is 0.388 e. The van der Waals surface area contributed by atoms with Gasteiger partial charge in [-0.1, -0.05) is 0 Å². The largest absolute Gasteiger partial charge is 0.411 e. The summed E-state index contributed by atoms with van der Waals surface area (Å²) in [6, 6.07) is -0.0763. The second-order valence-corrected chi connectivity index (χ2v) is 10.6. The van der Waals surface area contributed by atoms with Crippen molar-refractivity contribution in [2.24, 2.45) is 0 Å². The van der Waals surface area contributed by atoms with E-state index in [2.05, 4.69) is 4.18 Å². The fourth-order valence-corrected chi connectivity index (χ4v) is 4.78. The van der Waals surface area contributed by atoms with Gasteiger partial charge in [0.2, 0.25) is 0 Å². The van der Waals surface area contributed by atoms with E-state index in [9.17, 15) is 21.6 Å². The average Bonchev–Trinajstić information content (AvgIpc) is 2.40. The predicted octanol–water partition coefficient (Wildman–Crippen LogP) is 1.89. The molecule has 0 saturated carbocycles. The van der Waals surface area contributed by atoms with Gasteiger partial charge in [-0.05, 0) is 19.1 Å². The van der Waals surface area contributed by atoms with E-state index in [0.717, 1.165) is 0 Å². The number of halogens is 3. The zero-order chi connectivity index (χ0) is 13.3. The Hall–Kier alpha value is -0.123. The topological polar surface area (TPSA) is 52.6 Å². The summed E-state index contributed by atoms with van der Waals surface area (Å²) in [5, 5.41) is 0. The molecule has 1 heterocycles. The molecule has 0 N–H and O–H groups in total. The highest BCUT2D eigenvalue weighted by atomic mass is 32.2. The van der Waals surface area contributed by atoms with Crippen LogP contribution in [-0.2, 0) is 18.7 Å². The summed E-state index contributed by atoms with van der Waals surface area (Å²) in [6.07, 6.45) is -5.73. The van der Waals surface area contributed by atoms with Crippen molar-refractivity contribution in [3.63, 3.8) is 0 Å². The van der Waals surface area contributed by atoms with Crippen LogP contribution in [0.15, 0.2) is 0 Å². The van der Waals surface area contributed by atoms with Crippen molar-refractivity contribution in [3.8, 4) is 0 Å². The van der Waals surface area contributed by atoms with Crippen molar-refractivity contribution in [1.29, 1.82) is 0 Å². The van der Waals surface area contributed by atoms with Gasteiger partial charge in [0, 0.05) is 6.42 Å². The monoisotopic (exact) mass is 292 g/mol. The number of hydrogen-bond donors (Lipinski definition) is 0. The van der Waals surface area contributed by atoms with E-state index in [1.54, 1.807) is 13.1 Å². The van der Waals surface area contributed by atoms with Gasteiger partial charge in [0.05, 0.1) is 12.7 Å². The van der Waals surface area contributed by atoms with Gasteiger partial charge in [-0.3, -0.25) is 4.18 Å². The first-order valence-corrected chi connectivity index (χ1v) is 9.80. The van der Waals surface area contributed by atoms with Gasteiger partial charge in [0.1, 0.15) is 5.75 Å². The molecule has 0 bridgehead atoms. The fraction of sp³-hybridized carbons (Fsp3) is 1.00. The summed E-state index contributed by atoms with van der Waals surface area (Å²) in [7, 11) is -6.04. The molecule has 1 atom stereocenters. The maximum atomic E-state index is 12.1. The van der Waals surface area contributed by atoms with Gasteiger partial charge in [-0.25, -0.2) is 0 Å². The molecule has 9 heteroatoms. The Balaban J connectivity index is 2.45. The minimum absolute atomic E-state index is 0.0763. The highest BCUT2D eigenvalue weighted by molar-refractivity contribution is 7.87. The summed E-state index contributed by atoms with van der Waals surface area (Å²) in [6.45, 7) is 3.19. The van der Waals surface area contributed by atoms with Crippen molar-refractivity contribution >= 4 is 18.4 Å². The molecule has 0 aromatic carbocycles. The van der Waals surface area contributed by atoms with Gasteiger partial charge >= 0.3 is 6.18 Å². The third-order valence-electron chi connectivity index (χ3n) is 2.32. The van der Waals surface area contributed by atoms with E-state index in [4.69, 9.17) is 4.43 Å². The average molecular weight is 292 g/mol. The lowest BCUT2D eigenvalue weighted by molar-refractivity contribution is -0.131. The third-order valence-corrected chi connectivity index (χ3v) is 6.02. The highest BCUT2D eigenvalue weighted by Gasteiger charge is 2.38. The Morgan fingerprint density at radius 1 is 1.41 bits per heavy atom. The predicted molar refractivity (Wildman–Crippen MR) is 57.6 cm³/mol. The summed E-state index contributed by atoms with van der Waals surface area (Å²) in [5.41, 5.74) is 0. The summed E-state index contributed by atoms with van der Waals surface area (Å²) >= 11 is 0.